The molecule has 0 saturated carbocycles. The standard InChI is InChI=1S/C13H21N3O2/c1-4-6-18-7-5-14-13(17)11-8-15-12(10(2)3)16-9-11/h8-10H,4-7H2,1-3H3,(H,14,17). The molecule has 0 spiro atoms. The topological polar surface area (TPSA) is 64.1 Å². The van der Waals surface area contributed by atoms with Gasteiger partial charge in [-0.15, -0.1) is 0 Å². The SMILES string of the molecule is CCCOCCNC(=O)c1cnc(C(C)C)nc1. The third-order valence-electron chi connectivity index (χ3n) is 2.33. The van der Waals surface area contributed by atoms with E-state index in [-0.39, 0.29) is 11.8 Å². The van der Waals surface area contributed by atoms with Crippen molar-refractivity contribution in [2.24, 2.45) is 0 Å². The van der Waals surface area contributed by atoms with Gasteiger partial charge in [-0.3, -0.25) is 4.79 Å². The van der Waals surface area contributed by atoms with Crippen LogP contribution < -0.4 is 5.32 Å². The van der Waals surface area contributed by atoms with Gasteiger partial charge in [-0.25, -0.2) is 9.97 Å². The van der Waals surface area contributed by atoms with Crippen molar-refractivity contribution in [2.75, 3.05) is 19.8 Å². The minimum Gasteiger partial charge on any atom is -0.380 e. The fraction of sp³-hybridized carbons (Fsp3) is 0.615. The van der Waals surface area contributed by atoms with E-state index < -0.39 is 0 Å². The molecule has 0 aliphatic heterocycles. The smallest absolute Gasteiger partial charge is 0.254 e. The van der Waals surface area contributed by atoms with E-state index in [0.717, 1.165) is 18.9 Å². The van der Waals surface area contributed by atoms with E-state index in [2.05, 4.69) is 15.3 Å². The minimum absolute atomic E-state index is 0.162. The molecule has 0 aliphatic rings. The number of amides is 1. The molecule has 18 heavy (non-hydrogen) atoms. The van der Waals surface area contributed by atoms with Crippen LogP contribution in [0.5, 0.6) is 0 Å². The summed E-state index contributed by atoms with van der Waals surface area (Å²) in [5, 5.41) is 2.76. The first-order valence-electron chi connectivity index (χ1n) is 6.33. The molecule has 0 unspecified atom stereocenters. The van der Waals surface area contributed by atoms with Gasteiger partial charge in [0.05, 0.1) is 12.2 Å². The number of carbonyl (C=O) groups excluding carboxylic acids is 1. The normalized spacial score (nSPS) is 10.7. The second-order valence-corrected chi connectivity index (χ2v) is 4.35. The Morgan fingerprint density at radius 2 is 2.00 bits per heavy atom. The van der Waals surface area contributed by atoms with Crippen LogP contribution in [0.3, 0.4) is 0 Å². The number of hydrogen-bond donors (Lipinski definition) is 1. The van der Waals surface area contributed by atoms with Crippen LogP contribution in [0.15, 0.2) is 12.4 Å². The largest absolute Gasteiger partial charge is 0.380 e. The van der Waals surface area contributed by atoms with E-state index in [1.54, 1.807) is 12.4 Å². The van der Waals surface area contributed by atoms with E-state index in [4.69, 9.17) is 4.74 Å². The highest BCUT2D eigenvalue weighted by Gasteiger charge is 2.07. The molecule has 0 saturated heterocycles. The van der Waals surface area contributed by atoms with Crippen molar-refractivity contribution < 1.29 is 9.53 Å². The Kier molecular flexibility index (Phi) is 6.28. The molecule has 1 rings (SSSR count). The molecule has 0 aliphatic carbocycles. The van der Waals surface area contributed by atoms with Crippen molar-refractivity contribution in [1.29, 1.82) is 0 Å². The number of aromatic nitrogens is 2. The Morgan fingerprint density at radius 1 is 1.33 bits per heavy atom. The molecule has 1 N–H and O–H groups in total. The highest BCUT2D eigenvalue weighted by Crippen LogP contribution is 2.07. The number of nitrogens with one attached hydrogen (secondary N) is 1. The minimum atomic E-state index is -0.162. The molecular weight excluding hydrogens is 230 g/mol. The van der Waals surface area contributed by atoms with Crippen molar-refractivity contribution in [3.63, 3.8) is 0 Å². The molecule has 1 aromatic rings. The maximum Gasteiger partial charge on any atom is 0.254 e. The third-order valence-corrected chi connectivity index (χ3v) is 2.33. The van der Waals surface area contributed by atoms with Crippen LogP contribution in [0, 0.1) is 0 Å². The van der Waals surface area contributed by atoms with Crippen LogP contribution in [0.1, 0.15) is 49.3 Å². The quantitative estimate of drug-likeness (QED) is 0.750. The third kappa shape index (κ3) is 4.79. The monoisotopic (exact) mass is 251 g/mol. The van der Waals surface area contributed by atoms with Gasteiger partial charge in [0, 0.05) is 31.5 Å². The van der Waals surface area contributed by atoms with Crippen LogP contribution in [-0.2, 0) is 4.74 Å². The number of rotatable bonds is 7. The van der Waals surface area contributed by atoms with Crippen molar-refractivity contribution in [3.05, 3.63) is 23.8 Å². The second kappa shape index (κ2) is 7.76. The van der Waals surface area contributed by atoms with E-state index in [1.807, 2.05) is 20.8 Å². The van der Waals surface area contributed by atoms with Gasteiger partial charge in [0.15, 0.2) is 0 Å². The number of carbonyl (C=O) groups is 1. The van der Waals surface area contributed by atoms with Gasteiger partial charge >= 0.3 is 0 Å². The highest BCUT2D eigenvalue weighted by atomic mass is 16.5. The van der Waals surface area contributed by atoms with Crippen LogP contribution in [0.2, 0.25) is 0 Å². The Hall–Kier alpha value is -1.49. The Bertz CT molecular complexity index is 363. The van der Waals surface area contributed by atoms with Crippen LogP contribution in [-0.4, -0.2) is 35.6 Å². The lowest BCUT2D eigenvalue weighted by molar-refractivity contribution is 0.0914. The summed E-state index contributed by atoms with van der Waals surface area (Å²) in [7, 11) is 0. The summed E-state index contributed by atoms with van der Waals surface area (Å²) < 4.78 is 5.27. The van der Waals surface area contributed by atoms with Crippen molar-refractivity contribution in [1.82, 2.24) is 15.3 Å². The summed E-state index contributed by atoms with van der Waals surface area (Å²) in [6, 6.07) is 0. The molecular formula is C13H21N3O2. The van der Waals surface area contributed by atoms with Crippen LogP contribution in [0.25, 0.3) is 0 Å². The Balaban J connectivity index is 2.37. The fourth-order valence-electron chi connectivity index (χ4n) is 1.34. The van der Waals surface area contributed by atoms with Crippen LogP contribution >= 0.6 is 0 Å². The number of ether oxygens (including phenoxy) is 1. The zero-order valence-electron chi connectivity index (χ0n) is 11.3. The lowest BCUT2D eigenvalue weighted by Crippen LogP contribution is -2.27. The van der Waals surface area contributed by atoms with Gasteiger partial charge in [0.2, 0.25) is 0 Å². The second-order valence-electron chi connectivity index (χ2n) is 4.35. The summed E-state index contributed by atoms with van der Waals surface area (Å²) in [6.07, 6.45) is 4.10. The molecule has 0 radical (unpaired) electrons. The average Bonchev–Trinajstić information content (AvgIpc) is 2.38. The summed E-state index contributed by atoms with van der Waals surface area (Å²) in [5.41, 5.74) is 0.481. The predicted molar refractivity (Wildman–Crippen MR) is 69.6 cm³/mol. The molecule has 100 valence electrons. The number of nitrogens with zero attached hydrogens (tertiary/aromatic N) is 2. The average molecular weight is 251 g/mol. The number of hydrogen-bond acceptors (Lipinski definition) is 4. The highest BCUT2D eigenvalue weighted by molar-refractivity contribution is 5.93. The molecule has 1 aromatic heterocycles. The summed E-state index contributed by atoms with van der Waals surface area (Å²) in [5.74, 6) is 0.854. The molecule has 5 heteroatoms. The fourth-order valence-corrected chi connectivity index (χ4v) is 1.34. The summed E-state index contributed by atoms with van der Waals surface area (Å²) in [4.78, 5) is 20.0. The zero-order chi connectivity index (χ0) is 13.4. The lowest BCUT2D eigenvalue weighted by atomic mass is 10.2. The predicted octanol–water partition coefficient (Wildman–Crippen LogP) is 1.76. The van der Waals surface area contributed by atoms with Gasteiger partial charge < -0.3 is 10.1 Å². The molecule has 1 amide bonds. The van der Waals surface area contributed by atoms with E-state index in [9.17, 15) is 4.79 Å². The van der Waals surface area contributed by atoms with E-state index in [0.29, 0.717) is 18.7 Å². The maximum atomic E-state index is 11.7. The first kappa shape index (κ1) is 14.6. The summed E-state index contributed by atoms with van der Waals surface area (Å²) >= 11 is 0. The van der Waals surface area contributed by atoms with Gasteiger partial charge in [0.1, 0.15) is 5.82 Å². The van der Waals surface area contributed by atoms with Gasteiger partial charge in [-0.05, 0) is 6.42 Å². The van der Waals surface area contributed by atoms with Gasteiger partial charge in [-0.2, -0.15) is 0 Å². The molecule has 0 bridgehead atoms. The first-order valence-corrected chi connectivity index (χ1v) is 6.33. The summed E-state index contributed by atoms with van der Waals surface area (Å²) in [6.45, 7) is 7.84. The zero-order valence-corrected chi connectivity index (χ0v) is 11.3. The first-order chi connectivity index (χ1) is 8.65. The van der Waals surface area contributed by atoms with Crippen molar-refractivity contribution in [3.8, 4) is 0 Å². The van der Waals surface area contributed by atoms with Crippen molar-refractivity contribution in [2.45, 2.75) is 33.1 Å². The van der Waals surface area contributed by atoms with Crippen LogP contribution in [0.4, 0.5) is 0 Å². The van der Waals surface area contributed by atoms with E-state index in [1.165, 1.54) is 0 Å². The molecule has 5 nitrogen and oxygen atoms in total. The van der Waals surface area contributed by atoms with Gasteiger partial charge in [-0.1, -0.05) is 20.8 Å². The lowest BCUT2D eigenvalue weighted by Gasteiger charge is -2.06. The Labute approximate surface area is 108 Å². The molecule has 1 heterocycles. The maximum absolute atomic E-state index is 11.7. The van der Waals surface area contributed by atoms with Gasteiger partial charge in [0.25, 0.3) is 5.91 Å². The van der Waals surface area contributed by atoms with Crippen molar-refractivity contribution >= 4 is 5.91 Å². The molecule has 0 atom stereocenters. The molecule has 0 aromatic carbocycles. The molecule has 0 fully saturated rings. The van der Waals surface area contributed by atoms with E-state index >= 15 is 0 Å². The Morgan fingerprint density at radius 3 is 2.56 bits per heavy atom.